The number of rotatable bonds is 1. The van der Waals surface area contributed by atoms with E-state index in [0.29, 0.717) is 0 Å². The second-order valence-electron chi connectivity index (χ2n) is 2.10. The highest BCUT2D eigenvalue weighted by atomic mass is 35.5. The van der Waals surface area contributed by atoms with Gasteiger partial charge in [-0.2, -0.15) is 0 Å². The van der Waals surface area contributed by atoms with Crippen LogP contribution in [-0.4, -0.2) is 23.7 Å². The van der Waals surface area contributed by atoms with Gasteiger partial charge in [-0.3, -0.25) is 10.2 Å². The van der Waals surface area contributed by atoms with Crippen LogP contribution in [0.3, 0.4) is 0 Å². The van der Waals surface area contributed by atoms with Crippen LogP contribution >= 0.6 is 12.4 Å². The Hall–Kier alpha value is -0.320. The van der Waals surface area contributed by atoms with E-state index in [1.807, 2.05) is 0 Å². The molecular formula is C5H11ClN2O2. The Morgan fingerprint density at radius 1 is 1.60 bits per heavy atom. The number of carboxylic acids is 1. The Morgan fingerprint density at radius 2 is 2.30 bits per heavy atom. The maximum atomic E-state index is 10.3. The van der Waals surface area contributed by atoms with Crippen LogP contribution in [0.15, 0.2) is 0 Å². The molecule has 3 N–H and O–H groups in total. The van der Waals surface area contributed by atoms with Crippen molar-refractivity contribution in [3.8, 4) is 0 Å². The van der Waals surface area contributed by atoms with Gasteiger partial charge in [-0.1, -0.05) is 0 Å². The van der Waals surface area contributed by atoms with Gasteiger partial charge < -0.3 is 5.11 Å². The van der Waals surface area contributed by atoms with E-state index in [-0.39, 0.29) is 12.4 Å². The molecule has 0 aromatic rings. The fourth-order valence-corrected chi connectivity index (χ4v) is 0.847. The monoisotopic (exact) mass is 166 g/mol. The molecule has 4 nitrogen and oxygen atoms in total. The lowest BCUT2D eigenvalue weighted by Crippen LogP contribution is -2.49. The summed E-state index contributed by atoms with van der Waals surface area (Å²) < 4.78 is 0. The van der Waals surface area contributed by atoms with Gasteiger partial charge in [-0.05, 0) is 12.8 Å². The normalized spacial score (nSPS) is 25.0. The lowest BCUT2D eigenvalue weighted by molar-refractivity contribution is -0.140. The maximum Gasteiger partial charge on any atom is 0.322 e. The maximum absolute atomic E-state index is 10.3. The van der Waals surface area contributed by atoms with Crippen molar-refractivity contribution >= 4 is 18.4 Å². The third-order valence-corrected chi connectivity index (χ3v) is 1.37. The molecule has 1 unspecified atom stereocenters. The Morgan fingerprint density at radius 3 is 2.60 bits per heavy atom. The molecule has 0 radical (unpaired) electrons. The quantitative estimate of drug-likeness (QED) is 0.503. The van der Waals surface area contributed by atoms with E-state index in [9.17, 15) is 4.79 Å². The lowest BCUT2D eigenvalue weighted by atomic mass is 10.1. The standard InChI is InChI=1S/C5H10N2O2.ClH/c8-5(9)4-2-1-3-6-7-4;/h4,6-7H,1-3H2,(H,8,9);1H. The van der Waals surface area contributed by atoms with Gasteiger partial charge >= 0.3 is 5.97 Å². The van der Waals surface area contributed by atoms with E-state index in [2.05, 4.69) is 10.9 Å². The highest BCUT2D eigenvalue weighted by molar-refractivity contribution is 5.85. The molecule has 10 heavy (non-hydrogen) atoms. The summed E-state index contributed by atoms with van der Waals surface area (Å²) in [7, 11) is 0. The zero-order valence-electron chi connectivity index (χ0n) is 5.46. The molecule has 0 aliphatic carbocycles. The van der Waals surface area contributed by atoms with Gasteiger partial charge in [0.25, 0.3) is 0 Å². The summed E-state index contributed by atoms with van der Waals surface area (Å²) >= 11 is 0. The minimum absolute atomic E-state index is 0. The average Bonchev–Trinajstić information content (AvgIpc) is 1.90. The fraction of sp³-hybridized carbons (Fsp3) is 0.800. The number of aliphatic carboxylic acids is 1. The van der Waals surface area contributed by atoms with Gasteiger partial charge in [0.05, 0.1) is 0 Å². The molecule has 1 aliphatic heterocycles. The molecule has 1 heterocycles. The van der Waals surface area contributed by atoms with Crippen LogP contribution in [0, 0.1) is 0 Å². The SMILES string of the molecule is Cl.O=C(O)C1CCCNN1. The van der Waals surface area contributed by atoms with E-state index in [4.69, 9.17) is 5.11 Å². The van der Waals surface area contributed by atoms with Crippen molar-refractivity contribution < 1.29 is 9.90 Å². The Bertz CT molecular complexity index is 114. The number of halogens is 1. The molecular weight excluding hydrogens is 156 g/mol. The van der Waals surface area contributed by atoms with Crippen LogP contribution in [0.25, 0.3) is 0 Å². The third-order valence-electron chi connectivity index (χ3n) is 1.37. The summed E-state index contributed by atoms with van der Waals surface area (Å²) in [4.78, 5) is 10.3. The van der Waals surface area contributed by atoms with Crippen LogP contribution in [0.2, 0.25) is 0 Å². The first kappa shape index (κ1) is 9.68. The van der Waals surface area contributed by atoms with Crippen molar-refractivity contribution in [3.63, 3.8) is 0 Å². The van der Waals surface area contributed by atoms with Gasteiger partial charge in [0.2, 0.25) is 0 Å². The summed E-state index contributed by atoms with van der Waals surface area (Å²) in [6.07, 6.45) is 1.66. The highest BCUT2D eigenvalue weighted by Gasteiger charge is 2.18. The van der Waals surface area contributed by atoms with Gasteiger partial charge in [-0.15, -0.1) is 12.4 Å². The van der Waals surface area contributed by atoms with Crippen molar-refractivity contribution in [1.82, 2.24) is 10.9 Å². The molecule has 0 amide bonds. The smallest absolute Gasteiger partial charge is 0.322 e. The predicted molar refractivity (Wildman–Crippen MR) is 39.0 cm³/mol. The Balaban J connectivity index is 0.000000810. The first-order valence-electron chi connectivity index (χ1n) is 3.02. The zero-order valence-corrected chi connectivity index (χ0v) is 6.28. The molecule has 1 fully saturated rings. The van der Waals surface area contributed by atoms with Crippen molar-refractivity contribution in [2.75, 3.05) is 6.54 Å². The van der Waals surface area contributed by atoms with Crippen molar-refractivity contribution in [1.29, 1.82) is 0 Å². The van der Waals surface area contributed by atoms with E-state index in [1.54, 1.807) is 0 Å². The first-order chi connectivity index (χ1) is 4.30. The largest absolute Gasteiger partial charge is 0.480 e. The molecule has 0 aromatic heterocycles. The van der Waals surface area contributed by atoms with Crippen LogP contribution in [0.4, 0.5) is 0 Å². The van der Waals surface area contributed by atoms with Crippen LogP contribution in [-0.2, 0) is 4.79 Å². The average molecular weight is 167 g/mol. The van der Waals surface area contributed by atoms with Gasteiger partial charge in [0.1, 0.15) is 6.04 Å². The van der Waals surface area contributed by atoms with Crippen molar-refractivity contribution in [3.05, 3.63) is 0 Å². The van der Waals surface area contributed by atoms with Crippen LogP contribution < -0.4 is 10.9 Å². The summed E-state index contributed by atoms with van der Waals surface area (Å²) in [6.45, 7) is 0.865. The number of hydrogen-bond donors (Lipinski definition) is 3. The number of hydrazine groups is 1. The van der Waals surface area contributed by atoms with E-state index in [1.165, 1.54) is 0 Å². The minimum Gasteiger partial charge on any atom is -0.480 e. The number of nitrogens with one attached hydrogen (secondary N) is 2. The third kappa shape index (κ3) is 2.51. The Kier molecular flexibility index (Phi) is 4.34. The molecule has 60 valence electrons. The molecule has 5 heteroatoms. The molecule has 1 saturated heterocycles. The molecule has 1 atom stereocenters. The van der Waals surface area contributed by atoms with E-state index >= 15 is 0 Å². The molecule has 0 bridgehead atoms. The van der Waals surface area contributed by atoms with Crippen LogP contribution in [0.5, 0.6) is 0 Å². The minimum atomic E-state index is -0.776. The van der Waals surface area contributed by atoms with Gasteiger partial charge in [-0.25, -0.2) is 5.43 Å². The molecule has 1 aliphatic rings. The fourth-order valence-electron chi connectivity index (χ4n) is 0.847. The highest BCUT2D eigenvalue weighted by Crippen LogP contribution is 1.98. The van der Waals surface area contributed by atoms with Crippen molar-refractivity contribution in [2.24, 2.45) is 0 Å². The van der Waals surface area contributed by atoms with Crippen molar-refractivity contribution in [2.45, 2.75) is 18.9 Å². The Labute approximate surface area is 65.4 Å². The topological polar surface area (TPSA) is 61.4 Å². The van der Waals surface area contributed by atoms with Gasteiger partial charge in [0, 0.05) is 6.54 Å². The molecule has 0 spiro atoms. The second-order valence-corrected chi connectivity index (χ2v) is 2.10. The van der Waals surface area contributed by atoms with Crippen LogP contribution in [0.1, 0.15) is 12.8 Å². The predicted octanol–water partition coefficient (Wildman–Crippen LogP) is -0.251. The summed E-state index contributed by atoms with van der Waals surface area (Å²) in [5.41, 5.74) is 5.45. The summed E-state index contributed by atoms with van der Waals surface area (Å²) in [6, 6.07) is -0.390. The van der Waals surface area contributed by atoms with E-state index < -0.39 is 12.0 Å². The number of hydrogen-bond acceptors (Lipinski definition) is 3. The van der Waals surface area contributed by atoms with E-state index in [0.717, 1.165) is 19.4 Å². The zero-order chi connectivity index (χ0) is 6.69. The summed E-state index contributed by atoms with van der Waals surface area (Å²) in [5.74, 6) is -0.776. The molecule has 0 aromatic carbocycles. The summed E-state index contributed by atoms with van der Waals surface area (Å²) in [5, 5.41) is 8.44. The number of carboxylic acid groups (broad SMARTS) is 1. The molecule has 1 rings (SSSR count). The molecule has 0 saturated carbocycles. The van der Waals surface area contributed by atoms with Gasteiger partial charge in [0.15, 0.2) is 0 Å². The second kappa shape index (κ2) is 4.49. The lowest BCUT2D eigenvalue weighted by Gasteiger charge is -2.19. The number of carbonyl (C=O) groups is 1. The first-order valence-corrected chi connectivity index (χ1v) is 3.02.